The molecule has 0 fully saturated rings. The topological polar surface area (TPSA) is 56.8 Å². The van der Waals surface area contributed by atoms with E-state index in [0.717, 1.165) is 6.07 Å². The summed E-state index contributed by atoms with van der Waals surface area (Å²) in [5.74, 6) is -0.448. The molecular formula is C13H13FN2O. The largest absolute Gasteiger partial charge is 0.490 e. The molecule has 1 aromatic rings. The Morgan fingerprint density at radius 3 is 2.59 bits per heavy atom. The second-order valence-corrected chi connectivity index (χ2v) is 4.35. The lowest BCUT2D eigenvalue weighted by molar-refractivity contribution is 0.254. The molecule has 4 heteroatoms. The van der Waals surface area contributed by atoms with E-state index < -0.39 is 11.2 Å². The maximum Gasteiger partial charge on any atom is 0.166 e. The lowest BCUT2D eigenvalue weighted by Gasteiger charge is -2.15. The number of hydrogen-bond acceptors (Lipinski definition) is 3. The van der Waals surface area contributed by atoms with Gasteiger partial charge in [0.15, 0.2) is 11.6 Å². The minimum atomic E-state index is -0.557. The Labute approximate surface area is 100 Å². The Balaban J connectivity index is 2.60. The van der Waals surface area contributed by atoms with Crippen molar-refractivity contribution in [3.8, 4) is 17.9 Å². The molecular weight excluding hydrogens is 219 g/mol. The Morgan fingerprint density at radius 2 is 2.06 bits per heavy atom. The number of benzene rings is 1. The highest BCUT2D eigenvalue weighted by Crippen LogP contribution is 2.22. The molecule has 0 saturated heterocycles. The molecule has 88 valence electrons. The number of nitriles is 2. The van der Waals surface area contributed by atoms with Gasteiger partial charge >= 0.3 is 0 Å². The van der Waals surface area contributed by atoms with Crippen molar-refractivity contribution < 1.29 is 9.13 Å². The molecule has 0 spiro atoms. The van der Waals surface area contributed by atoms with Crippen molar-refractivity contribution in [3.05, 3.63) is 29.6 Å². The number of rotatable bonds is 4. The average molecular weight is 232 g/mol. The fourth-order valence-corrected chi connectivity index (χ4v) is 1.16. The van der Waals surface area contributed by atoms with E-state index in [2.05, 4.69) is 6.07 Å². The zero-order chi connectivity index (χ0) is 12.9. The van der Waals surface area contributed by atoms with Crippen molar-refractivity contribution in [2.24, 2.45) is 5.41 Å². The first-order valence-corrected chi connectivity index (χ1v) is 5.22. The lowest BCUT2D eigenvalue weighted by Crippen LogP contribution is -2.13. The molecule has 3 nitrogen and oxygen atoms in total. The quantitative estimate of drug-likeness (QED) is 0.801. The van der Waals surface area contributed by atoms with Crippen molar-refractivity contribution in [3.63, 3.8) is 0 Å². The third-order valence-electron chi connectivity index (χ3n) is 2.35. The molecule has 17 heavy (non-hydrogen) atoms. The Morgan fingerprint density at radius 1 is 1.35 bits per heavy atom. The van der Waals surface area contributed by atoms with E-state index in [0.29, 0.717) is 6.42 Å². The van der Waals surface area contributed by atoms with Crippen LogP contribution in [0.3, 0.4) is 0 Å². The van der Waals surface area contributed by atoms with Crippen LogP contribution in [0.2, 0.25) is 0 Å². The summed E-state index contributed by atoms with van der Waals surface area (Å²) in [7, 11) is 0. The molecule has 0 aliphatic heterocycles. The van der Waals surface area contributed by atoms with Crippen LogP contribution in [0.15, 0.2) is 18.2 Å². The molecule has 1 aromatic carbocycles. The van der Waals surface area contributed by atoms with Gasteiger partial charge < -0.3 is 4.74 Å². The number of nitrogens with zero attached hydrogens (tertiary/aromatic N) is 2. The predicted octanol–water partition coefficient (Wildman–Crippen LogP) is 3.02. The van der Waals surface area contributed by atoms with Gasteiger partial charge in [0.1, 0.15) is 0 Å². The first-order valence-electron chi connectivity index (χ1n) is 5.22. The van der Waals surface area contributed by atoms with Gasteiger partial charge in [-0.3, -0.25) is 0 Å². The van der Waals surface area contributed by atoms with Crippen LogP contribution in [0.1, 0.15) is 25.8 Å². The molecule has 0 saturated carbocycles. The number of halogens is 1. The zero-order valence-corrected chi connectivity index (χ0v) is 9.83. The summed E-state index contributed by atoms with van der Waals surface area (Å²) in [6.45, 7) is 3.86. The van der Waals surface area contributed by atoms with Crippen molar-refractivity contribution in [1.82, 2.24) is 0 Å². The van der Waals surface area contributed by atoms with Crippen LogP contribution in [0, 0.1) is 33.9 Å². The first kappa shape index (κ1) is 13.0. The lowest BCUT2D eigenvalue weighted by atomic mass is 9.92. The van der Waals surface area contributed by atoms with Crippen LogP contribution in [-0.4, -0.2) is 6.61 Å². The van der Waals surface area contributed by atoms with Gasteiger partial charge in [0.25, 0.3) is 0 Å². The molecule has 0 aromatic heterocycles. The zero-order valence-electron chi connectivity index (χ0n) is 9.83. The predicted molar refractivity (Wildman–Crippen MR) is 60.6 cm³/mol. The van der Waals surface area contributed by atoms with Crippen LogP contribution in [-0.2, 0) is 0 Å². The average Bonchev–Trinajstić information content (AvgIpc) is 2.31. The van der Waals surface area contributed by atoms with E-state index in [1.54, 1.807) is 13.8 Å². The molecule has 0 heterocycles. The third-order valence-corrected chi connectivity index (χ3v) is 2.35. The fraction of sp³-hybridized carbons (Fsp3) is 0.385. The SMILES string of the molecule is CC(C)(C#N)CCOc1ccc(C#N)cc1F. The van der Waals surface area contributed by atoms with Crippen LogP contribution in [0.4, 0.5) is 4.39 Å². The second-order valence-electron chi connectivity index (χ2n) is 4.35. The van der Waals surface area contributed by atoms with Crippen LogP contribution in [0.5, 0.6) is 5.75 Å². The van der Waals surface area contributed by atoms with Gasteiger partial charge in [-0.15, -0.1) is 0 Å². The maximum atomic E-state index is 13.4. The highest BCUT2D eigenvalue weighted by atomic mass is 19.1. The van der Waals surface area contributed by atoms with Gasteiger partial charge in [0, 0.05) is 0 Å². The summed E-state index contributed by atoms with van der Waals surface area (Å²) in [5.41, 5.74) is -0.226. The molecule has 0 bridgehead atoms. The van der Waals surface area contributed by atoms with Crippen molar-refractivity contribution in [2.45, 2.75) is 20.3 Å². The first-order chi connectivity index (χ1) is 7.98. The Hall–Kier alpha value is -2.07. The smallest absolute Gasteiger partial charge is 0.166 e. The van der Waals surface area contributed by atoms with Crippen LogP contribution >= 0.6 is 0 Å². The summed E-state index contributed by atoms with van der Waals surface area (Å²) in [6.07, 6.45) is 0.517. The van der Waals surface area contributed by atoms with Crippen LogP contribution in [0.25, 0.3) is 0 Å². The molecule has 0 unspecified atom stereocenters. The van der Waals surface area contributed by atoms with Gasteiger partial charge in [-0.25, -0.2) is 4.39 Å². The van der Waals surface area contributed by atoms with E-state index in [4.69, 9.17) is 15.3 Å². The minimum absolute atomic E-state index is 0.109. The molecule has 0 amide bonds. The van der Waals surface area contributed by atoms with E-state index in [1.807, 2.05) is 6.07 Å². The molecule has 0 aliphatic carbocycles. The molecule has 0 atom stereocenters. The van der Waals surface area contributed by atoms with Gasteiger partial charge in [-0.2, -0.15) is 10.5 Å². The normalized spacial score (nSPS) is 10.4. The maximum absolute atomic E-state index is 13.4. The molecule has 1 rings (SSSR count). The summed E-state index contributed by atoms with van der Waals surface area (Å²) in [4.78, 5) is 0. The highest BCUT2D eigenvalue weighted by Gasteiger charge is 2.16. The van der Waals surface area contributed by atoms with Gasteiger partial charge in [0.05, 0.1) is 29.7 Å². The van der Waals surface area contributed by atoms with E-state index >= 15 is 0 Å². The molecule has 0 N–H and O–H groups in total. The summed E-state index contributed by atoms with van der Waals surface area (Å²) in [5, 5.41) is 17.4. The number of hydrogen-bond donors (Lipinski definition) is 0. The van der Waals surface area contributed by atoms with Crippen molar-refractivity contribution >= 4 is 0 Å². The standard InChI is InChI=1S/C13H13FN2O/c1-13(2,9-16)5-6-17-12-4-3-10(8-15)7-11(12)14/h3-4,7H,5-6H2,1-2H3. The third kappa shape index (κ3) is 3.77. The van der Waals surface area contributed by atoms with Crippen molar-refractivity contribution in [1.29, 1.82) is 10.5 Å². The minimum Gasteiger partial charge on any atom is -0.490 e. The highest BCUT2D eigenvalue weighted by molar-refractivity contribution is 5.35. The second kappa shape index (κ2) is 5.32. The van der Waals surface area contributed by atoms with E-state index in [-0.39, 0.29) is 17.9 Å². The Kier molecular flexibility index (Phi) is 4.06. The van der Waals surface area contributed by atoms with E-state index in [9.17, 15) is 4.39 Å². The number of ether oxygens (including phenoxy) is 1. The summed E-state index contributed by atoms with van der Waals surface area (Å²) >= 11 is 0. The summed E-state index contributed by atoms with van der Waals surface area (Å²) < 4.78 is 18.6. The monoisotopic (exact) mass is 232 g/mol. The van der Waals surface area contributed by atoms with Crippen molar-refractivity contribution in [2.75, 3.05) is 6.61 Å². The fourth-order valence-electron chi connectivity index (χ4n) is 1.16. The van der Waals surface area contributed by atoms with E-state index in [1.165, 1.54) is 12.1 Å². The van der Waals surface area contributed by atoms with Gasteiger partial charge in [-0.05, 0) is 38.5 Å². The van der Waals surface area contributed by atoms with Gasteiger partial charge in [0.2, 0.25) is 0 Å². The van der Waals surface area contributed by atoms with Crippen LogP contribution < -0.4 is 4.74 Å². The molecule has 0 radical (unpaired) electrons. The summed E-state index contributed by atoms with van der Waals surface area (Å²) in [6, 6.07) is 8.04. The molecule has 0 aliphatic rings. The van der Waals surface area contributed by atoms with Gasteiger partial charge in [-0.1, -0.05) is 0 Å². The Bertz CT molecular complexity index is 483.